The van der Waals surface area contributed by atoms with Crippen LogP contribution in [0.1, 0.15) is 83.5 Å². The van der Waals surface area contributed by atoms with Crippen molar-refractivity contribution in [3.8, 4) is 0 Å². The molecular formula is C22H33NO3. The van der Waals surface area contributed by atoms with E-state index in [1.54, 1.807) is 0 Å². The van der Waals surface area contributed by atoms with Crippen molar-refractivity contribution in [2.24, 2.45) is 23.7 Å². The van der Waals surface area contributed by atoms with E-state index < -0.39 is 5.92 Å². The first kappa shape index (κ1) is 18.2. The first-order valence-electron chi connectivity index (χ1n) is 11.0. The van der Waals surface area contributed by atoms with Crippen molar-refractivity contribution in [2.75, 3.05) is 6.54 Å². The Hall–Kier alpha value is -1.19. The molecule has 3 saturated carbocycles. The van der Waals surface area contributed by atoms with Crippen molar-refractivity contribution in [1.82, 2.24) is 4.90 Å². The molecule has 0 bridgehead atoms. The SMILES string of the molecule is O=C1C(CCCC(=O)N2CCCC3CCCCC32)C(=O)[C@@H]2CCCC[C@H]12. The summed E-state index contributed by atoms with van der Waals surface area (Å²) in [5, 5.41) is 0. The van der Waals surface area contributed by atoms with Crippen molar-refractivity contribution < 1.29 is 14.4 Å². The van der Waals surface area contributed by atoms with Gasteiger partial charge in [0.15, 0.2) is 0 Å². The molecule has 26 heavy (non-hydrogen) atoms. The Bertz CT molecular complexity index is 546. The Morgan fingerprint density at radius 2 is 1.46 bits per heavy atom. The van der Waals surface area contributed by atoms with Gasteiger partial charge in [0.2, 0.25) is 5.91 Å². The zero-order valence-electron chi connectivity index (χ0n) is 16.0. The third-order valence-corrected chi connectivity index (χ3v) is 7.63. The quantitative estimate of drug-likeness (QED) is 0.715. The number of piperidine rings is 1. The number of carbonyl (C=O) groups is 3. The van der Waals surface area contributed by atoms with Crippen LogP contribution >= 0.6 is 0 Å². The minimum Gasteiger partial charge on any atom is -0.339 e. The predicted molar refractivity (Wildman–Crippen MR) is 99.5 cm³/mol. The van der Waals surface area contributed by atoms with E-state index in [1.165, 1.54) is 32.1 Å². The van der Waals surface area contributed by atoms with Gasteiger partial charge in [0.25, 0.3) is 0 Å². The van der Waals surface area contributed by atoms with Gasteiger partial charge in [-0.25, -0.2) is 0 Å². The van der Waals surface area contributed by atoms with Crippen molar-refractivity contribution in [1.29, 1.82) is 0 Å². The maximum Gasteiger partial charge on any atom is 0.222 e. The lowest BCUT2D eigenvalue weighted by atomic mass is 9.78. The summed E-state index contributed by atoms with van der Waals surface area (Å²) < 4.78 is 0. The smallest absolute Gasteiger partial charge is 0.222 e. The molecule has 1 amide bonds. The zero-order valence-corrected chi connectivity index (χ0v) is 16.0. The van der Waals surface area contributed by atoms with E-state index >= 15 is 0 Å². The molecule has 0 aromatic heterocycles. The number of fused-ring (bicyclic) bond motifs is 2. The molecular weight excluding hydrogens is 326 g/mol. The fourth-order valence-electron chi connectivity index (χ4n) is 6.29. The number of Topliss-reactive ketones (excluding diaryl/α,β-unsaturated/α-hetero) is 2. The van der Waals surface area contributed by atoms with Gasteiger partial charge < -0.3 is 4.90 Å². The van der Waals surface area contributed by atoms with Crippen LogP contribution in [0.5, 0.6) is 0 Å². The number of likely N-dealkylation sites (tertiary alicyclic amines) is 1. The molecule has 1 aliphatic heterocycles. The second kappa shape index (κ2) is 7.82. The van der Waals surface area contributed by atoms with Crippen molar-refractivity contribution in [3.05, 3.63) is 0 Å². The summed E-state index contributed by atoms with van der Waals surface area (Å²) in [4.78, 5) is 40.1. The third kappa shape index (κ3) is 3.36. The topological polar surface area (TPSA) is 54.5 Å². The predicted octanol–water partition coefficient (Wildman–Crippen LogP) is 3.91. The molecule has 4 fully saturated rings. The molecule has 1 heterocycles. The summed E-state index contributed by atoms with van der Waals surface area (Å²) in [6.45, 7) is 0.908. The Morgan fingerprint density at radius 1 is 0.846 bits per heavy atom. The molecule has 4 aliphatic rings. The minimum atomic E-state index is -0.403. The van der Waals surface area contributed by atoms with E-state index in [0.717, 1.165) is 38.6 Å². The lowest BCUT2D eigenvalue weighted by molar-refractivity contribution is -0.138. The van der Waals surface area contributed by atoms with Crippen molar-refractivity contribution in [3.63, 3.8) is 0 Å². The molecule has 5 atom stereocenters. The van der Waals surface area contributed by atoms with Gasteiger partial charge in [-0.1, -0.05) is 25.7 Å². The molecule has 1 saturated heterocycles. The average molecular weight is 360 g/mol. The second-order valence-corrected chi connectivity index (χ2v) is 9.09. The number of hydrogen-bond donors (Lipinski definition) is 0. The van der Waals surface area contributed by atoms with E-state index in [4.69, 9.17) is 0 Å². The van der Waals surface area contributed by atoms with E-state index in [2.05, 4.69) is 4.90 Å². The summed E-state index contributed by atoms with van der Waals surface area (Å²) in [6, 6.07) is 0.461. The molecule has 0 aromatic rings. The van der Waals surface area contributed by atoms with E-state index in [-0.39, 0.29) is 29.3 Å². The monoisotopic (exact) mass is 359 g/mol. The van der Waals surface area contributed by atoms with Crippen LogP contribution in [0, 0.1) is 23.7 Å². The first-order chi connectivity index (χ1) is 12.7. The summed E-state index contributed by atoms with van der Waals surface area (Å²) in [5.74, 6) is 0.957. The van der Waals surface area contributed by atoms with Crippen LogP contribution in [-0.2, 0) is 14.4 Å². The van der Waals surface area contributed by atoms with Crippen LogP contribution < -0.4 is 0 Å². The largest absolute Gasteiger partial charge is 0.339 e. The highest BCUT2D eigenvalue weighted by atomic mass is 16.2. The van der Waals surface area contributed by atoms with Crippen LogP contribution in [0.15, 0.2) is 0 Å². The summed E-state index contributed by atoms with van der Waals surface area (Å²) in [7, 11) is 0. The number of hydrogen-bond acceptors (Lipinski definition) is 3. The Kier molecular flexibility index (Phi) is 5.47. The molecule has 144 valence electrons. The van der Waals surface area contributed by atoms with Crippen molar-refractivity contribution in [2.45, 2.75) is 89.5 Å². The second-order valence-electron chi connectivity index (χ2n) is 9.09. The Morgan fingerprint density at radius 3 is 2.19 bits per heavy atom. The normalized spacial score (nSPS) is 37.4. The number of rotatable bonds is 4. The first-order valence-corrected chi connectivity index (χ1v) is 11.0. The van der Waals surface area contributed by atoms with Gasteiger partial charge >= 0.3 is 0 Å². The molecule has 4 rings (SSSR count). The molecule has 0 aromatic carbocycles. The molecule has 4 nitrogen and oxygen atoms in total. The van der Waals surface area contributed by atoms with Crippen LogP contribution in [0.4, 0.5) is 0 Å². The number of nitrogens with zero attached hydrogens (tertiary/aromatic N) is 1. The van der Waals surface area contributed by atoms with Gasteiger partial charge in [-0.15, -0.1) is 0 Å². The summed E-state index contributed by atoms with van der Waals surface area (Å²) >= 11 is 0. The standard InChI is InChI=1S/C22H33NO3/c24-20(23-14-6-8-15-7-1-4-12-19(15)23)13-5-11-18-21(25)16-9-2-3-10-17(16)22(18)26/h15-19H,1-14H2/t15?,16-,17+,18?,19?. The van der Waals surface area contributed by atoms with Crippen molar-refractivity contribution >= 4 is 17.5 Å². The summed E-state index contributed by atoms with van der Waals surface area (Å²) in [5.41, 5.74) is 0. The Balaban J connectivity index is 1.29. The van der Waals surface area contributed by atoms with Crippen LogP contribution in [-0.4, -0.2) is 35.0 Å². The maximum atomic E-state index is 12.8. The number of ketones is 2. The molecule has 4 heteroatoms. The van der Waals surface area contributed by atoms with Gasteiger partial charge in [-0.2, -0.15) is 0 Å². The highest BCUT2D eigenvalue weighted by Crippen LogP contribution is 2.42. The summed E-state index contributed by atoms with van der Waals surface area (Å²) in [6.07, 6.45) is 13.2. The molecule has 3 aliphatic carbocycles. The molecule has 0 N–H and O–H groups in total. The third-order valence-electron chi connectivity index (χ3n) is 7.63. The Labute approximate surface area is 157 Å². The number of amides is 1. The van der Waals surface area contributed by atoms with Gasteiger partial charge in [-0.05, 0) is 57.3 Å². The van der Waals surface area contributed by atoms with Gasteiger partial charge in [0.1, 0.15) is 11.6 Å². The lowest BCUT2D eigenvalue weighted by Gasteiger charge is -2.44. The van der Waals surface area contributed by atoms with E-state index in [0.29, 0.717) is 31.2 Å². The zero-order chi connectivity index (χ0) is 18.1. The van der Waals surface area contributed by atoms with Crippen LogP contribution in [0.2, 0.25) is 0 Å². The van der Waals surface area contributed by atoms with Crippen LogP contribution in [0.25, 0.3) is 0 Å². The molecule has 3 unspecified atom stereocenters. The van der Waals surface area contributed by atoms with E-state index in [9.17, 15) is 14.4 Å². The van der Waals surface area contributed by atoms with Crippen LogP contribution in [0.3, 0.4) is 0 Å². The molecule has 0 spiro atoms. The maximum absolute atomic E-state index is 12.8. The lowest BCUT2D eigenvalue weighted by Crippen LogP contribution is -2.49. The average Bonchev–Trinajstić information content (AvgIpc) is 2.92. The van der Waals surface area contributed by atoms with Gasteiger partial charge in [0, 0.05) is 30.8 Å². The van der Waals surface area contributed by atoms with Gasteiger partial charge in [0.05, 0.1) is 5.92 Å². The fourth-order valence-corrected chi connectivity index (χ4v) is 6.29. The van der Waals surface area contributed by atoms with E-state index in [1.807, 2.05) is 0 Å². The minimum absolute atomic E-state index is 0.00189. The highest BCUT2D eigenvalue weighted by Gasteiger charge is 2.49. The number of carbonyl (C=O) groups excluding carboxylic acids is 3. The molecule has 0 radical (unpaired) electrons. The van der Waals surface area contributed by atoms with Gasteiger partial charge in [-0.3, -0.25) is 14.4 Å². The highest BCUT2D eigenvalue weighted by molar-refractivity contribution is 6.11. The fraction of sp³-hybridized carbons (Fsp3) is 0.864.